The van der Waals surface area contributed by atoms with Crippen molar-refractivity contribution in [1.29, 1.82) is 0 Å². The van der Waals surface area contributed by atoms with Gasteiger partial charge in [0.15, 0.2) is 12.0 Å². The normalized spacial score (nSPS) is 31.8. The van der Waals surface area contributed by atoms with Gasteiger partial charge in [-0.1, -0.05) is 0 Å². The van der Waals surface area contributed by atoms with E-state index in [9.17, 15) is 15.0 Å². The zero-order chi connectivity index (χ0) is 16.5. The third-order valence-corrected chi connectivity index (χ3v) is 3.42. The molecule has 0 unspecified atom stereocenters. The Hall–Kier alpha value is -1.81. The van der Waals surface area contributed by atoms with Gasteiger partial charge in [-0.25, -0.2) is 9.79 Å². The van der Waals surface area contributed by atoms with Crippen LogP contribution in [0.15, 0.2) is 22.1 Å². The van der Waals surface area contributed by atoms with Gasteiger partial charge in [0.05, 0.1) is 12.9 Å². The SMILES string of the molecule is CN(C)C=Nc1ccn([C@@H]2O[C@H](CO)[C@H](O)[C@@]2(C)O)c(=O)n1. The number of aliphatic hydroxyl groups excluding tert-OH is 2. The van der Waals surface area contributed by atoms with E-state index >= 15 is 0 Å². The van der Waals surface area contributed by atoms with Crippen LogP contribution in [0.1, 0.15) is 13.2 Å². The predicted octanol–water partition coefficient (Wildman–Crippen LogP) is -1.53. The molecule has 1 fully saturated rings. The molecule has 1 aromatic heterocycles. The lowest BCUT2D eigenvalue weighted by Crippen LogP contribution is -2.46. The molecular formula is C13H20N4O5. The lowest BCUT2D eigenvalue weighted by Gasteiger charge is -2.27. The van der Waals surface area contributed by atoms with Crippen LogP contribution in [0, 0.1) is 0 Å². The third-order valence-electron chi connectivity index (χ3n) is 3.42. The number of aliphatic imine (C=N–C) groups is 1. The van der Waals surface area contributed by atoms with Gasteiger partial charge in [0, 0.05) is 20.3 Å². The molecular weight excluding hydrogens is 292 g/mol. The zero-order valence-corrected chi connectivity index (χ0v) is 12.6. The van der Waals surface area contributed by atoms with Gasteiger partial charge < -0.3 is 25.0 Å². The Morgan fingerprint density at radius 1 is 1.59 bits per heavy atom. The molecule has 0 aliphatic carbocycles. The first-order valence-corrected chi connectivity index (χ1v) is 6.74. The molecule has 122 valence electrons. The van der Waals surface area contributed by atoms with E-state index in [2.05, 4.69) is 9.98 Å². The van der Waals surface area contributed by atoms with Crippen LogP contribution in [0.5, 0.6) is 0 Å². The molecule has 3 N–H and O–H groups in total. The molecule has 0 bridgehead atoms. The van der Waals surface area contributed by atoms with E-state index in [1.165, 1.54) is 25.5 Å². The van der Waals surface area contributed by atoms with E-state index in [-0.39, 0.29) is 5.82 Å². The molecule has 22 heavy (non-hydrogen) atoms. The van der Waals surface area contributed by atoms with E-state index in [4.69, 9.17) is 9.84 Å². The predicted molar refractivity (Wildman–Crippen MR) is 78.0 cm³/mol. The average Bonchev–Trinajstić information content (AvgIpc) is 2.68. The second kappa shape index (κ2) is 6.13. The molecule has 0 radical (unpaired) electrons. The quantitative estimate of drug-likeness (QED) is 0.455. The number of ether oxygens (including phenoxy) is 1. The summed E-state index contributed by atoms with van der Waals surface area (Å²) < 4.78 is 6.43. The summed E-state index contributed by atoms with van der Waals surface area (Å²) in [4.78, 5) is 21.6. The highest BCUT2D eigenvalue weighted by Crippen LogP contribution is 2.37. The standard InChI is InChI=1S/C13H20N4O5/c1-13(21)10(19)8(6-18)22-11(13)17-5-4-9(15-12(17)20)14-7-16(2)3/h4-5,7-8,10-11,18-19,21H,6H2,1-3H3/t8-,10+,11-,13-/m1/s1. The van der Waals surface area contributed by atoms with Crippen LogP contribution in [-0.2, 0) is 4.74 Å². The highest BCUT2D eigenvalue weighted by molar-refractivity contribution is 5.58. The summed E-state index contributed by atoms with van der Waals surface area (Å²) in [7, 11) is 3.56. The summed E-state index contributed by atoms with van der Waals surface area (Å²) in [5.74, 6) is 0.215. The van der Waals surface area contributed by atoms with Crippen molar-refractivity contribution in [3.63, 3.8) is 0 Å². The fourth-order valence-electron chi connectivity index (χ4n) is 2.22. The van der Waals surface area contributed by atoms with E-state index in [1.54, 1.807) is 19.0 Å². The van der Waals surface area contributed by atoms with Crippen LogP contribution in [0.4, 0.5) is 5.82 Å². The number of rotatable bonds is 4. The molecule has 1 saturated heterocycles. The second-order valence-corrected chi connectivity index (χ2v) is 5.56. The maximum Gasteiger partial charge on any atom is 0.351 e. The minimum Gasteiger partial charge on any atom is -0.394 e. The minimum atomic E-state index is -1.73. The Balaban J connectivity index is 2.32. The molecule has 4 atom stereocenters. The maximum absolute atomic E-state index is 12.1. The van der Waals surface area contributed by atoms with Gasteiger partial charge in [0.2, 0.25) is 0 Å². The molecule has 9 nitrogen and oxygen atoms in total. The average molecular weight is 312 g/mol. The Morgan fingerprint density at radius 2 is 2.27 bits per heavy atom. The lowest BCUT2D eigenvalue weighted by atomic mass is 9.96. The first kappa shape index (κ1) is 16.6. The van der Waals surface area contributed by atoms with E-state index in [0.29, 0.717) is 0 Å². The Labute approximate surface area is 127 Å². The molecule has 2 rings (SSSR count). The topological polar surface area (TPSA) is 120 Å². The van der Waals surface area contributed by atoms with Gasteiger partial charge >= 0.3 is 5.69 Å². The van der Waals surface area contributed by atoms with Crippen molar-refractivity contribution in [3.8, 4) is 0 Å². The minimum absolute atomic E-state index is 0.215. The first-order valence-electron chi connectivity index (χ1n) is 6.74. The first-order chi connectivity index (χ1) is 10.3. The number of hydrogen-bond acceptors (Lipinski definition) is 7. The van der Waals surface area contributed by atoms with Gasteiger partial charge in [-0.3, -0.25) is 4.57 Å². The molecule has 1 aliphatic heterocycles. The largest absolute Gasteiger partial charge is 0.394 e. The summed E-state index contributed by atoms with van der Waals surface area (Å²) in [6, 6.07) is 1.49. The number of nitrogens with zero attached hydrogens (tertiary/aromatic N) is 4. The van der Waals surface area contributed by atoms with Crippen LogP contribution in [0.2, 0.25) is 0 Å². The molecule has 2 heterocycles. The van der Waals surface area contributed by atoms with Gasteiger partial charge in [-0.15, -0.1) is 0 Å². The van der Waals surface area contributed by atoms with Crippen LogP contribution in [0.25, 0.3) is 0 Å². The number of aromatic nitrogens is 2. The van der Waals surface area contributed by atoms with Gasteiger partial charge in [0.25, 0.3) is 0 Å². The molecule has 0 aromatic carbocycles. The second-order valence-electron chi connectivity index (χ2n) is 5.56. The smallest absolute Gasteiger partial charge is 0.351 e. The zero-order valence-electron chi connectivity index (χ0n) is 12.6. The monoisotopic (exact) mass is 312 g/mol. The summed E-state index contributed by atoms with van der Waals surface area (Å²) in [6.07, 6.45) is -0.561. The van der Waals surface area contributed by atoms with E-state index in [1.807, 2.05) is 0 Å². The molecule has 0 spiro atoms. The highest BCUT2D eigenvalue weighted by atomic mass is 16.6. The van der Waals surface area contributed by atoms with Gasteiger partial charge in [0.1, 0.15) is 17.8 Å². The molecule has 1 aliphatic rings. The molecule has 0 saturated carbocycles. The Bertz CT molecular complexity index is 613. The summed E-state index contributed by atoms with van der Waals surface area (Å²) in [6.45, 7) is 0.865. The summed E-state index contributed by atoms with van der Waals surface area (Å²) in [5.41, 5.74) is -2.41. The number of hydrogen-bond donors (Lipinski definition) is 3. The van der Waals surface area contributed by atoms with Crippen LogP contribution in [-0.4, -0.2) is 74.6 Å². The maximum atomic E-state index is 12.1. The Kier molecular flexibility index (Phi) is 4.61. The van der Waals surface area contributed by atoms with Crippen molar-refractivity contribution in [2.24, 2.45) is 4.99 Å². The fraction of sp³-hybridized carbons (Fsp3) is 0.615. The number of aliphatic hydroxyl groups is 3. The van der Waals surface area contributed by atoms with Crippen LogP contribution >= 0.6 is 0 Å². The lowest BCUT2D eigenvalue weighted by molar-refractivity contribution is -0.0986. The molecule has 0 amide bonds. The summed E-state index contributed by atoms with van der Waals surface area (Å²) >= 11 is 0. The van der Waals surface area contributed by atoms with Crippen molar-refractivity contribution >= 4 is 12.2 Å². The van der Waals surface area contributed by atoms with Crippen molar-refractivity contribution in [2.75, 3.05) is 20.7 Å². The van der Waals surface area contributed by atoms with Gasteiger partial charge in [-0.05, 0) is 13.0 Å². The third kappa shape index (κ3) is 3.02. The van der Waals surface area contributed by atoms with Gasteiger partial charge in [-0.2, -0.15) is 4.98 Å². The van der Waals surface area contributed by atoms with Crippen LogP contribution < -0.4 is 5.69 Å². The summed E-state index contributed by atoms with van der Waals surface area (Å²) in [5, 5.41) is 29.4. The fourth-order valence-corrected chi connectivity index (χ4v) is 2.22. The van der Waals surface area contributed by atoms with Crippen molar-refractivity contribution in [2.45, 2.75) is 31.0 Å². The van der Waals surface area contributed by atoms with E-state index in [0.717, 1.165) is 4.57 Å². The van der Waals surface area contributed by atoms with E-state index < -0.39 is 36.3 Å². The Morgan fingerprint density at radius 3 is 2.77 bits per heavy atom. The molecule has 9 heteroatoms. The van der Waals surface area contributed by atoms with Crippen molar-refractivity contribution in [3.05, 3.63) is 22.7 Å². The van der Waals surface area contributed by atoms with Crippen LogP contribution in [0.3, 0.4) is 0 Å². The molecule has 1 aromatic rings. The van der Waals surface area contributed by atoms with Crippen molar-refractivity contribution < 1.29 is 20.1 Å². The van der Waals surface area contributed by atoms with Crippen molar-refractivity contribution in [1.82, 2.24) is 14.5 Å². The highest BCUT2D eigenvalue weighted by Gasteiger charge is 2.53.